The first kappa shape index (κ1) is 18.9. The molecule has 2 unspecified atom stereocenters. The highest BCUT2D eigenvalue weighted by molar-refractivity contribution is 4.92. The Morgan fingerprint density at radius 1 is 1.05 bits per heavy atom. The van der Waals surface area contributed by atoms with Gasteiger partial charge in [0.05, 0.1) is 5.60 Å². The van der Waals surface area contributed by atoms with Crippen molar-refractivity contribution < 1.29 is 4.74 Å². The maximum Gasteiger partial charge on any atom is 0.0829 e. The highest BCUT2D eigenvalue weighted by atomic mass is 16.5. The monoisotopic (exact) mass is 271 g/mol. The number of hydrogen-bond donors (Lipinski definition) is 1. The molecule has 0 radical (unpaired) electrons. The Hall–Kier alpha value is -0.0800. The van der Waals surface area contributed by atoms with Gasteiger partial charge in [0.2, 0.25) is 0 Å². The van der Waals surface area contributed by atoms with Crippen molar-refractivity contribution in [1.82, 2.24) is 5.32 Å². The van der Waals surface area contributed by atoms with Crippen LogP contribution in [0.25, 0.3) is 0 Å². The second-order valence-corrected chi connectivity index (χ2v) is 5.70. The van der Waals surface area contributed by atoms with E-state index < -0.39 is 0 Å². The molecule has 2 nitrogen and oxygen atoms in total. The summed E-state index contributed by atoms with van der Waals surface area (Å²) in [5.74, 6) is 0.829. The molecule has 0 saturated carbocycles. The summed E-state index contributed by atoms with van der Waals surface area (Å²) in [4.78, 5) is 0. The predicted octanol–water partition coefficient (Wildman–Crippen LogP) is 4.78. The Labute approximate surface area is 121 Å². The minimum absolute atomic E-state index is 0.0170. The first-order chi connectivity index (χ1) is 9.13. The van der Waals surface area contributed by atoms with Crippen molar-refractivity contribution in [2.24, 2.45) is 5.92 Å². The molecule has 2 heteroatoms. The average molecular weight is 271 g/mol. The van der Waals surface area contributed by atoms with E-state index in [0.717, 1.165) is 25.4 Å². The molecule has 0 saturated heterocycles. The van der Waals surface area contributed by atoms with Gasteiger partial charge in [0, 0.05) is 12.6 Å². The summed E-state index contributed by atoms with van der Waals surface area (Å²) in [5, 5.41) is 3.55. The van der Waals surface area contributed by atoms with Crippen LogP contribution in [0.2, 0.25) is 0 Å². The lowest BCUT2D eigenvalue weighted by Crippen LogP contribution is -2.51. The molecule has 0 amide bonds. The number of likely N-dealkylation sites (N-methyl/N-ethyl adjacent to an activating group) is 1. The zero-order valence-electron chi connectivity index (χ0n) is 14.2. The molecular weight excluding hydrogens is 234 g/mol. The van der Waals surface area contributed by atoms with Crippen molar-refractivity contribution in [3.05, 3.63) is 0 Å². The van der Waals surface area contributed by atoms with Gasteiger partial charge in [0.25, 0.3) is 0 Å². The summed E-state index contributed by atoms with van der Waals surface area (Å²) in [6.45, 7) is 12.1. The summed E-state index contributed by atoms with van der Waals surface area (Å²) >= 11 is 0. The van der Waals surface area contributed by atoms with Gasteiger partial charge >= 0.3 is 0 Å². The zero-order chi connectivity index (χ0) is 14.7. The van der Waals surface area contributed by atoms with Gasteiger partial charge in [-0.15, -0.1) is 0 Å². The standard InChI is InChI=1S/C17H37NO/c1-7-12-13-15(8-2)14-16(18-6)17(9-3,10-4)19-11-5/h15-16,18H,7-14H2,1-6H3. The van der Waals surface area contributed by atoms with Crippen LogP contribution in [0.5, 0.6) is 0 Å². The first-order valence-electron chi connectivity index (χ1n) is 8.45. The largest absolute Gasteiger partial charge is 0.374 e. The summed E-state index contributed by atoms with van der Waals surface area (Å²) in [7, 11) is 2.09. The van der Waals surface area contributed by atoms with E-state index >= 15 is 0 Å². The molecule has 0 spiro atoms. The smallest absolute Gasteiger partial charge is 0.0829 e. The van der Waals surface area contributed by atoms with Crippen molar-refractivity contribution in [3.8, 4) is 0 Å². The molecule has 0 aliphatic rings. The third-order valence-electron chi connectivity index (χ3n) is 4.72. The minimum atomic E-state index is 0.0170. The second-order valence-electron chi connectivity index (χ2n) is 5.70. The molecule has 0 heterocycles. The van der Waals surface area contributed by atoms with Gasteiger partial charge in [-0.25, -0.2) is 0 Å². The molecule has 116 valence electrons. The molecule has 0 aromatic heterocycles. The van der Waals surface area contributed by atoms with Crippen molar-refractivity contribution in [3.63, 3.8) is 0 Å². The Bertz CT molecular complexity index is 201. The Balaban J connectivity index is 4.73. The van der Waals surface area contributed by atoms with Gasteiger partial charge in [-0.3, -0.25) is 0 Å². The van der Waals surface area contributed by atoms with E-state index in [-0.39, 0.29) is 5.60 Å². The number of rotatable bonds is 12. The van der Waals surface area contributed by atoms with Crippen LogP contribution < -0.4 is 5.32 Å². The quantitative estimate of drug-likeness (QED) is 0.552. The van der Waals surface area contributed by atoms with Gasteiger partial charge < -0.3 is 10.1 Å². The van der Waals surface area contributed by atoms with Gasteiger partial charge in [-0.05, 0) is 39.2 Å². The SMILES string of the molecule is CCCCC(CC)CC(NC)C(CC)(CC)OCC. The van der Waals surface area contributed by atoms with Crippen molar-refractivity contribution >= 4 is 0 Å². The highest BCUT2D eigenvalue weighted by Gasteiger charge is 2.36. The van der Waals surface area contributed by atoms with Gasteiger partial charge in [0.1, 0.15) is 0 Å². The Kier molecular flexibility index (Phi) is 10.6. The first-order valence-corrected chi connectivity index (χ1v) is 8.45. The van der Waals surface area contributed by atoms with E-state index in [0.29, 0.717) is 6.04 Å². The fourth-order valence-electron chi connectivity index (χ4n) is 3.25. The Morgan fingerprint density at radius 3 is 2.05 bits per heavy atom. The van der Waals surface area contributed by atoms with Gasteiger partial charge in [-0.2, -0.15) is 0 Å². The minimum Gasteiger partial charge on any atom is -0.374 e. The fourth-order valence-corrected chi connectivity index (χ4v) is 3.25. The van der Waals surface area contributed by atoms with Crippen LogP contribution in [-0.2, 0) is 4.74 Å². The van der Waals surface area contributed by atoms with Crippen LogP contribution >= 0.6 is 0 Å². The van der Waals surface area contributed by atoms with Crippen LogP contribution in [0, 0.1) is 5.92 Å². The van der Waals surface area contributed by atoms with Gasteiger partial charge in [-0.1, -0.05) is 53.4 Å². The zero-order valence-corrected chi connectivity index (χ0v) is 14.2. The lowest BCUT2D eigenvalue weighted by atomic mass is 9.80. The van der Waals surface area contributed by atoms with Crippen LogP contribution in [0.4, 0.5) is 0 Å². The molecule has 2 atom stereocenters. The fraction of sp³-hybridized carbons (Fsp3) is 1.00. The maximum absolute atomic E-state index is 6.17. The van der Waals surface area contributed by atoms with E-state index in [1.807, 2.05) is 0 Å². The van der Waals surface area contributed by atoms with Crippen molar-refractivity contribution in [1.29, 1.82) is 0 Å². The molecule has 0 aliphatic heterocycles. The lowest BCUT2D eigenvalue weighted by Gasteiger charge is -2.41. The van der Waals surface area contributed by atoms with Crippen molar-refractivity contribution in [2.45, 2.75) is 91.2 Å². The highest BCUT2D eigenvalue weighted by Crippen LogP contribution is 2.31. The van der Waals surface area contributed by atoms with E-state index in [1.165, 1.54) is 32.1 Å². The van der Waals surface area contributed by atoms with Crippen molar-refractivity contribution in [2.75, 3.05) is 13.7 Å². The third kappa shape index (κ3) is 5.83. The van der Waals surface area contributed by atoms with Crippen LogP contribution in [0.3, 0.4) is 0 Å². The third-order valence-corrected chi connectivity index (χ3v) is 4.72. The van der Waals surface area contributed by atoms with E-state index in [1.54, 1.807) is 0 Å². The second kappa shape index (κ2) is 10.7. The summed E-state index contributed by atoms with van der Waals surface area (Å²) in [6.07, 6.45) is 8.73. The van der Waals surface area contributed by atoms with Gasteiger partial charge in [0.15, 0.2) is 0 Å². The number of ether oxygens (including phenoxy) is 1. The molecule has 0 aromatic rings. The Morgan fingerprint density at radius 2 is 1.68 bits per heavy atom. The van der Waals surface area contributed by atoms with E-state index in [2.05, 4.69) is 47.0 Å². The maximum atomic E-state index is 6.17. The predicted molar refractivity (Wildman–Crippen MR) is 85.7 cm³/mol. The average Bonchev–Trinajstić information content (AvgIpc) is 2.45. The molecule has 0 rings (SSSR count). The number of unbranched alkanes of at least 4 members (excludes halogenated alkanes) is 1. The number of hydrogen-bond acceptors (Lipinski definition) is 2. The van der Waals surface area contributed by atoms with E-state index in [9.17, 15) is 0 Å². The topological polar surface area (TPSA) is 21.3 Å². The molecule has 0 fully saturated rings. The summed E-state index contributed by atoms with van der Waals surface area (Å²) in [5.41, 5.74) is 0.0170. The normalized spacial score (nSPS) is 15.5. The lowest BCUT2D eigenvalue weighted by molar-refractivity contribution is -0.0756. The molecule has 19 heavy (non-hydrogen) atoms. The molecule has 0 aliphatic carbocycles. The van der Waals surface area contributed by atoms with Crippen LogP contribution in [0.15, 0.2) is 0 Å². The molecule has 0 bridgehead atoms. The number of nitrogens with one attached hydrogen (secondary N) is 1. The molecule has 0 aromatic carbocycles. The molecule has 1 N–H and O–H groups in total. The molecular formula is C17H37NO. The van der Waals surface area contributed by atoms with E-state index in [4.69, 9.17) is 4.74 Å². The van der Waals surface area contributed by atoms with Crippen LogP contribution in [0.1, 0.15) is 79.6 Å². The summed E-state index contributed by atoms with van der Waals surface area (Å²) in [6, 6.07) is 0.476. The van der Waals surface area contributed by atoms with Crippen LogP contribution in [-0.4, -0.2) is 25.3 Å². The summed E-state index contributed by atoms with van der Waals surface area (Å²) < 4.78 is 6.17.